The zero-order valence-corrected chi connectivity index (χ0v) is 19.8. The number of benzene rings is 3. The maximum atomic E-state index is 13.6. The first-order valence-corrected chi connectivity index (χ1v) is 11.9. The Kier molecular flexibility index (Phi) is 6.90. The van der Waals surface area contributed by atoms with E-state index in [1.54, 1.807) is 53.1 Å². The Morgan fingerprint density at radius 1 is 0.833 bits per heavy atom. The van der Waals surface area contributed by atoms with Gasteiger partial charge in [0.2, 0.25) is 0 Å². The van der Waals surface area contributed by atoms with Crippen molar-refractivity contribution in [2.45, 2.75) is 13.1 Å². The molecule has 0 aliphatic carbocycles. The number of aliphatic hydroxyl groups is 1. The molecule has 0 amide bonds. The van der Waals surface area contributed by atoms with E-state index >= 15 is 0 Å². The Balaban J connectivity index is 1.52. The van der Waals surface area contributed by atoms with Crippen molar-refractivity contribution in [1.29, 1.82) is 0 Å². The number of aliphatic hydroxyl groups excluding tert-OH is 1. The molecule has 8 heteroatoms. The summed E-state index contributed by atoms with van der Waals surface area (Å²) < 4.78 is 8.19. The molecular weight excluding hydrogens is 458 g/mol. The Labute approximate surface area is 207 Å². The molecule has 0 spiro atoms. The number of fused-ring (bicyclic) bond motifs is 1. The Morgan fingerprint density at radius 2 is 1.47 bits per heavy atom. The van der Waals surface area contributed by atoms with Gasteiger partial charge in [0.05, 0.1) is 36.3 Å². The molecule has 0 atom stereocenters. The molecule has 184 valence electrons. The lowest BCUT2D eigenvalue weighted by atomic mass is 10.1. The fraction of sp³-hybridized carbons (Fsp3) is 0.250. The summed E-state index contributed by atoms with van der Waals surface area (Å²) in [5, 5.41) is 9.52. The standard InChI is InChI=1S/C28H27N3O5/c32-19-26(33)22-9-5-21(6-10-22)18-30-25-4-2-1-3-24(25)27(34)31(28(30)35)23-11-7-20(8-12-23)17-29-13-15-36-16-14-29/h1-12,32H,13-19H2. The van der Waals surface area contributed by atoms with Gasteiger partial charge in [0.25, 0.3) is 5.56 Å². The van der Waals surface area contributed by atoms with Gasteiger partial charge in [0.15, 0.2) is 5.78 Å². The van der Waals surface area contributed by atoms with Gasteiger partial charge >= 0.3 is 5.69 Å². The van der Waals surface area contributed by atoms with Crippen LogP contribution in [-0.4, -0.2) is 57.8 Å². The first-order chi connectivity index (χ1) is 17.5. The second-order valence-electron chi connectivity index (χ2n) is 8.86. The van der Waals surface area contributed by atoms with E-state index in [1.807, 2.05) is 24.3 Å². The summed E-state index contributed by atoms with van der Waals surface area (Å²) in [7, 11) is 0. The number of aromatic nitrogens is 2. The third-order valence-electron chi connectivity index (χ3n) is 6.52. The first-order valence-electron chi connectivity index (χ1n) is 11.9. The van der Waals surface area contributed by atoms with Crippen molar-refractivity contribution in [3.8, 4) is 5.69 Å². The molecule has 4 aromatic rings. The van der Waals surface area contributed by atoms with E-state index in [1.165, 1.54) is 4.57 Å². The predicted octanol–water partition coefficient (Wildman–Crippen LogP) is 2.21. The predicted molar refractivity (Wildman–Crippen MR) is 137 cm³/mol. The molecule has 1 aromatic heterocycles. The molecule has 0 radical (unpaired) electrons. The minimum atomic E-state index is -0.556. The van der Waals surface area contributed by atoms with Crippen molar-refractivity contribution in [2.24, 2.45) is 0 Å². The summed E-state index contributed by atoms with van der Waals surface area (Å²) in [6.45, 7) is 3.67. The number of Topliss-reactive ketones (excluding diaryl/α,β-unsaturated/α-hetero) is 1. The minimum absolute atomic E-state index is 0.225. The third kappa shape index (κ3) is 4.79. The van der Waals surface area contributed by atoms with Gasteiger partial charge in [0.1, 0.15) is 6.61 Å². The summed E-state index contributed by atoms with van der Waals surface area (Å²) in [4.78, 5) is 41.1. The summed E-state index contributed by atoms with van der Waals surface area (Å²) in [6, 6.07) is 21.3. The largest absolute Gasteiger partial charge is 0.388 e. The Morgan fingerprint density at radius 3 is 2.17 bits per heavy atom. The van der Waals surface area contributed by atoms with Crippen molar-refractivity contribution in [1.82, 2.24) is 14.0 Å². The molecule has 8 nitrogen and oxygen atoms in total. The van der Waals surface area contributed by atoms with Crippen LogP contribution in [0.15, 0.2) is 82.4 Å². The second kappa shape index (κ2) is 10.4. The smallest absolute Gasteiger partial charge is 0.336 e. The number of carbonyl (C=O) groups excluding carboxylic acids is 1. The van der Waals surface area contributed by atoms with Gasteiger partial charge in [0, 0.05) is 25.2 Å². The van der Waals surface area contributed by atoms with Gasteiger partial charge < -0.3 is 9.84 Å². The monoisotopic (exact) mass is 485 g/mol. The van der Waals surface area contributed by atoms with E-state index in [9.17, 15) is 14.4 Å². The highest BCUT2D eigenvalue weighted by atomic mass is 16.5. The maximum absolute atomic E-state index is 13.6. The van der Waals surface area contributed by atoms with Gasteiger partial charge in [-0.25, -0.2) is 9.36 Å². The van der Waals surface area contributed by atoms with Crippen molar-refractivity contribution < 1.29 is 14.6 Å². The van der Waals surface area contributed by atoms with Gasteiger partial charge in [-0.1, -0.05) is 48.5 Å². The SMILES string of the molecule is O=C(CO)c1ccc(Cn2c(=O)n(-c3ccc(CN4CCOCC4)cc3)c(=O)c3ccccc32)cc1. The minimum Gasteiger partial charge on any atom is -0.388 e. The molecule has 1 N–H and O–H groups in total. The van der Waals surface area contributed by atoms with E-state index < -0.39 is 12.3 Å². The van der Waals surface area contributed by atoms with E-state index in [0.717, 1.165) is 44.0 Å². The highest BCUT2D eigenvalue weighted by Crippen LogP contribution is 2.15. The molecule has 3 aromatic carbocycles. The molecule has 2 heterocycles. The summed E-state index contributed by atoms with van der Waals surface area (Å²) in [5.74, 6) is -0.366. The molecule has 1 aliphatic rings. The van der Waals surface area contributed by atoms with Crippen LogP contribution in [0.3, 0.4) is 0 Å². The molecule has 0 bridgehead atoms. The topological polar surface area (TPSA) is 93.8 Å². The number of carbonyl (C=O) groups is 1. The summed E-state index contributed by atoms with van der Waals surface area (Å²) in [6.07, 6.45) is 0. The van der Waals surface area contributed by atoms with Crippen LogP contribution in [0, 0.1) is 0 Å². The lowest BCUT2D eigenvalue weighted by Gasteiger charge is -2.26. The highest BCUT2D eigenvalue weighted by Gasteiger charge is 2.16. The van der Waals surface area contributed by atoms with Crippen molar-refractivity contribution in [3.05, 3.63) is 110 Å². The van der Waals surface area contributed by atoms with E-state index in [0.29, 0.717) is 22.2 Å². The average Bonchev–Trinajstić information content (AvgIpc) is 2.92. The third-order valence-corrected chi connectivity index (χ3v) is 6.52. The number of hydrogen-bond donors (Lipinski definition) is 1. The molecule has 1 aliphatic heterocycles. The second-order valence-corrected chi connectivity index (χ2v) is 8.86. The van der Waals surface area contributed by atoms with Crippen molar-refractivity contribution >= 4 is 16.7 Å². The van der Waals surface area contributed by atoms with Crippen LogP contribution >= 0.6 is 0 Å². The van der Waals surface area contributed by atoms with Crippen molar-refractivity contribution in [3.63, 3.8) is 0 Å². The van der Waals surface area contributed by atoms with E-state index in [-0.39, 0.29) is 17.9 Å². The Bertz CT molecular complexity index is 1500. The van der Waals surface area contributed by atoms with Crippen LogP contribution in [0.4, 0.5) is 0 Å². The molecular formula is C28H27N3O5. The molecule has 0 saturated carbocycles. The molecule has 5 rings (SSSR count). The molecule has 1 saturated heterocycles. The number of morpholine rings is 1. The average molecular weight is 486 g/mol. The molecule has 36 heavy (non-hydrogen) atoms. The van der Waals surface area contributed by atoms with Crippen LogP contribution in [0.2, 0.25) is 0 Å². The number of rotatable bonds is 7. The number of hydrogen-bond acceptors (Lipinski definition) is 6. The quantitative estimate of drug-likeness (QED) is 0.404. The summed E-state index contributed by atoms with van der Waals surface area (Å²) >= 11 is 0. The van der Waals surface area contributed by atoms with Crippen LogP contribution in [0.1, 0.15) is 21.5 Å². The number of nitrogens with zero attached hydrogens (tertiary/aromatic N) is 3. The Hall–Kier alpha value is -3.85. The van der Waals surface area contributed by atoms with E-state index in [4.69, 9.17) is 9.84 Å². The highest BCUT2D eigenvalue weighted by molar-refractivity contribution is 5.96. The lowest BCUT2D eigenvalue weighted by Crippen LogP contribution is -2.39. The van der Waals surface area contributed by atoms with Gasteiger partial charge in [-0.3, -0.25) is 19.1 Å². The fourth-order valence-electron chi connectivity index (χ4n) is 4.54. The lowest BCUT2D eigenvalue weighted by molar-refractivity contribution is 0.0342. The van der Waals surface area contributed by atoms with Gasteiger partial charge in [-0.2, -0.15) is 0 Å². The molecule has 1 fully saturated rings. The zero-order valence-electron chi connectivity index (χ0n) is 19.8. The van der Waals surface area contributed by atoms with Crippen molar-refractivity contribution in [2.75, 3.05) is 32.9 Å². The number of ether oxygens (including phenoxy) is 1. The number of para-hydroxylation sites is 1. The van der Waals surface area contributed by atoms with Gasteiger partial charge in [-0.15, -0.1) is 0 Å². The number of ketones is 1. The maximum Gasteiger partial charge on any atom is 0.336 e. The van der Waals surface area contributed by atoms with E-state index in [2.05, 4.69) is 4.90 Å². The fourth-order valence-corrected chi connectivity index (χ4v) is 4.54. The van der Waals surface area contributed by atoms with Gasteiger partial charge in [-0.05, 0) is 35.4 Å². The normalized spacial score (nSPS) is 14.2. The first kappa shape index (κ1) is 23.9. The zero-order chi connectivity index (χ0) is 25.1. The van der Waals surface area contributed by atoms with Crippen LogP contribution in [0.25, 0.3) is 16.6 Å². The summed E-state index contributed by atoms with van der Waals surface area (Å²) in [5.41, 5.74) is 2.56. The molecule has 0 unspecified atom stereocenters. The van der Waals surface area contributed by atoms with Crippen LogP contribution < -0.4 is 11.2 Å². The van der Waals surface area contributed by atoms with Crippen LogP contribution in [0.5, 0.6) is 0 Å². The van der Waals surface area contributed by atoms with Crippen LogP contribution in [-0.2, 0) is 17.8 Å².